The van der Waals surface area contributed by atoms with Gasteiger partial charge in [0.1, 0.15) is 5.82 Å². The van der Waals surface area contributed by atoms with Crippen molar-refractivity contribution in [2.24, 2.45) is 5.41 Å². The van der Waals surface area contributed by atoms with Crippen molar-refractivity contribution in [1.29, 1.82) is 0 Å². The average molecular weight is 413 g/mol. The topological polar surface area (TPSA) is 37.4 Å². The lowest BCUT2D eigenvalue weighted by Crippen LogP contribution is -2.43. The molecule has 1 atom stereocenters. The fraction of sp³-hybridized carbons (Fsp3) is 0.259. The maximum absolute atomic E-state index is 14.0. The molecule has 0 saturated carbocycles. The van der Waals surface area contributed by atoms with E-state index in [4.69, 9.17) is 0 Å². The van der Waals surface area contributed by atoms with Gasteiger partial charge in [0, 0.05) is 30.0 Å². The number of hydrogen-bond acceptors (Lipinski definition) is 2. The van der Waals surface area contributed by atoms with Crippen LogP contribution < -0.4 is 4.90 Å². The van der Waals surface area contributed by atoms with E-state index in [-0.39, 0.29) is 29.4 Å². The monoisotopic (exact) mass is 413 g/mol. The number of carbonyl (C=O) groups excluding carboxylic acids is 2. The van der Waals surface area contributed by atoms with Crippen LogP contribution in [0, 0.1) is 11.2 Å². The summed E-state index contributed by atoms with van der Waals surface area (Å²) in [5.41, 5.74) is 2.64. The zero-order valence-electron chi connectivity index (χ0n) is 17.7. The van der Waals surface area contributed by atoms with E-state index in [0.29, 0.717) is 24.1 Å². The van der Waals surface area contributed by atoms with Crippen LogP contribution in [0.4, 0.5) is 10.1 Å². The Morgan fingerprint density at radius 2 is 1.68 bits per heavy atom. The summed E-state index contributed by atoms with van der Waals surface area (Å²) in [5, 5.41) is 2.21. The van der Waals surface area contributed by atoms with Gasteiger partial charge in [-0.2, -0.15) is 0 Å². The van der Waals surface area contributed by atoms with Crippen molar-refractivity contribution in [3.63, 3.8) is 0 Å². The first-order valence-corrected chi connectivity index (χ1v) is 10.7. The molecule has 0 N–H and O–H groups in total. The van der Waals surface area contributed by atoms with Crippen molar-refractivity contribution in [2.45, 2.75) is 39.0 Å². The van der Waals surface area contributed by atoms with Gasteiger partial charge < -0.3 is 0 Å². The van der Waals surface area contributed by atoms with Crippen molar-refractivity contribution in [1.82, 2.24) is 0 Å². The molecule has 0 bridgehead atoms. The van der Waals surface area contributed by atoms with Crippen molar-refractivity contribution in [2.75, 3.05) is 4.90 Å². The smallest absolute Gasteiger partial charge is 0.232 e. The number of fused-ring (bicyclic) bond motifs is 1. The second-order valence-corrected chi connectivity index (χ2v) is 9.37. The minimum absolute atomic E-state index is 0.0818. The Labute approximate surface area is 181 Å². The number of hydrogen-bond donors (Lipinski definition) is 0. The van der Waals surface area contributed by atoms with Gasteiger partial charge in [-0.05, 0) is 46.4 Å². The van der Waals surface area contributed by atoms with E-state index in [1.807, 2.05) is 44.2 Å². The molecule has 4 heteroatoms. The number of rotatable bonds is 2. The van der Waals surface area contributed by atoms with Crippen LogP contribution in [0.25, 0.3) is 10.8 Å². The molecule has 0 aromatic heterocycles. The van der Waals surface area contributed by atoms with Crippen molar-refractivity contribution < 1.29 is 14.0 Å². The van der Waals surface area contributed by atoms with Crippen LogP contribution in [-0.2, 0) is 9.59 Å². The van der Waals surface area contributed by atoms with Crippen LogP contribution in [0.5, 0.6) is 0 Å². The highest BCUT2D eigenvalue weighted by molar-refractivity contribution is 6.08. The van der Waals surface area contributed by atoms with Gasteiger partial charge in [-0.1, -0.05) is 62.4 Å². The molecule has 0 fully saturated rings. The molecule has 3 aromatic carbocycles. The number of halogens is 1. The lowest BCUT2D eigenvalue weighted by atomic mass is 9.69. The highest BCUT2D eigenvalue weighted by atomic mass is 19.1. The van der Waals surface area contributed by atoms with Gasteiger partial charge >= 0.3 is 0 Å². The van der Waals surface area contributed by atoms with E-state index < -0.39 is 5.82 Å². The van der Waals surface area contributed by atoms with E-state index in [1.165, 1.54) is 12.1 Å². The Balaban J connectivity index is 1.69. The summed E-state index contributed by atoms with van der Waals surface area (Å²) < 4.78 is 14.0. The van der Waals surface area contributed by atoms with Gasteiger partial charge in [-0.15, -0.1) is 0 Å². The van der Waals surface area contributed by atoms with E-state index in [9.17, 15) is 14.0 Å². The summed E-state index contributed by atoms with van der Waals surface area (Å²) >= 11 is 0. The minimum Gasteiger partial charge on any atom is -0.294 e. The zero-order chi connectivity index (χ0) is 21.8. The number of Topliss-reactive ketones (excluding diaryl/α,β-unsaturated/α-hetero) is 1. The molecular weight excluding hydrogens is 389 g/mol. The van der Waals surface area contributed by atoms with Crippen molar-refractivity contribution >= 4 is 28.2 Å². The van der Waals surface area contributed by atoms with Gasteiger partial charge in [-0.25, -0.2) is 4.39 Å². The van der Waals surface area contributed by atoms with E-state index in [0.717, 1.165) is 22.0 Å². The molecule has 2 aliphatic rings. The molecule has 0 spiro atoms. The lowest BCUT2D eigenvalue weighted by Gasteiger charge is -2.43. The molecule has 1 heterocycles. The first kappa shape index (κ1) is 19.7. The fourth-order valence-corrected chi connectivity index (χ4v) is 5.04. The summed E-state index contributed by atoms with van der Waals surface area (Å²) in [4.78, 5) is 28.3. The van der Waals surface area contributed by atoms with Crippen LogP contribution in [0.2, 0.25) is 0 Å². The highest BCUT2D eigenvalue weighted by Crippen LogP contribution is 2.48. The molecule has 156 valence electrons. The molecule has 1 unspecified atom stereocenters. The summed E-state index contributed by atoms with van der Waals surface area (Å²) in [6.07, 6.45) is 1.24. The molecule has 1 aliphatic carbocycles. The number of amides is 1. The molecule has 3 nitrogen and oxygen atoms in total. The van der Waals surface area contributed by atoms with Gasteiger partial charge in [0.05, 0.1) is 5.69 Å². The van der Waals surface area contributed by atoms with Crippen LogP contribution in [-0.4, -0.2) is 11.7 Å². The molecule has 0 radical (unpaired) electrons. The molecule has 3 aromatic rings. The van der Waals surface area contributed by atoms with Crippen molar-refractivity contribution in [3.8, 4) is 0 Å². The normalized spacial score (nSPS) is 20.9. The molecule has 1 amide bonds. The maximum atomic E-state index is 14.0. The highest BCUT2D eigenvalue weighted by Gasteiger charge is 2.44. The summed E-state index contributed by atoms with van der Waals surface area (Å²) in [6.45, 7) is 4.09. The first-order valence-electron chi connectivity index (χ1n) is 10.7. The molecule has 31 heavy (non-hydrogen) atoms. The Bertz CT molecular complexity index is 1260. The number of allylic oxidation sites excluding steroid dienone is 2. The number of nitrogens with zero attached hydrogens (tertiary/aromatic N) is 1. The third-order valence-electron chi connectivity index (χ3n) is 6.39. The van der Waals surface area contributed by atoms with E-state index >= 15 is 0 Å². The average Bonchev–Trinajstić information content (AvgIpc) is 2.71. The van der Waals surface area contributed by atoms with Crippen LogP contribution in [0.15, 0.2) is 78.0 Å². The number of benzene rings is 3. The largest absolute Gasteiger partial charge is 0.294 e. The van der Waals surface area contributed by atoms with Crippen LogP contribution in [0.1, 0.15) is 44.6 Å². The second kappa shape index (κ2) is 7.16. The Hall–Kier alpha value is -3.27. The third kappa shape index (κ3) is 3.46. The van der Waals surface area contributed by atoms with Gasteiger partial charge in [-0.3, -0.25) is 14.5 Å². The molecular formula is C27H24FNO2. The predicted molar refractivity (Wildman–Crippen MR) is 120 cm³/mol. The third-order valence-corrected chi connectivity index (χ3v) is 6.39. The molecule has 5 rings (SSSR count). The van der Waals surface area contributed by atoms with Gasteiger partial charge in [0.15, 0.2) is 5.78 Å². The fourth-order valence-electron chi connectivity index (χ4n) is 5.04. The molecule has 0 saturated heterocycles. The Kier molecular flexibility index (Phi) is 4.54. The lowest BCUT2D eigenvalue weighted by molar-refractivity contribution is -0.121. The van der Waals surface area contributed by atoms with Gasteiger partial charge in [0.25, 0.3) is 0 Å². The zero-order valence-corrected chi connectivity index (χ0v) is 17.7. The predicted octanol–water partition coefficient (Wildman–Crippen LogP) is 6.14. The standard InChI is InChI=1S/C27H24FNO2/c1-27(2)15-23-26(24(30)16-27)22(19-11-10-17-6-3-4-7-18(17)12-19)14-25(31)29(23)21-9-5-8-20(28)13-21/h3-13,22H,14-16H2,1-2H3. The quantitative estimate of drug-likeness (QED) is 0.506. The van der Waals surface area contributed by atoms with Crippen molar-refractivity contribution in [3.05, 3.63) is 89.4 Å². The van der Waals surface area contributed by atoms with E-state index in [1.54, 1.807) is 17.0 Å². The van der Waals surface area contributed by atoms with Crippen LogP contribution >= 0.6 is 0 Å². The van der Waals surface area contributed by atoms with E-state index in [2.05, 4.69) is 12.1 Å². The minimum atomic E-state index is -0.398. The Morgan fingerprint density at radius 1 is 0.903 bits per heavy atom. The summed E-state index contributed by atoms with van der Waals surface area (Å²) in [7, 11) is 0. The summed E-state index contributed by atoms with van der Waals surface area (Å²) in [5.74, 6) is -0.697. The van der Waals surface area contributed by atoms with Gasteiger partial charge in [0.2, 0.25) is 5.91 Å². The number of ketones is 1. The number of carbonyl (C=O) groups is 2. The SMILES string of the molecule is CC1(C)CC(=O)C2=C(C1)N(c1cccc(F)c1)C(=O)CC2c1ccc2ccccc2c1. The Morgan fingerprint density at radius 3 is 2.45 bits per heavy atom. The molecule has 1 aliphatic heterocycles. The number of anilines is 1. The van der Waals surface area contributed by atoms with Crippen LogP contribution in [0.3, 0.4) is 0 Å². The second-order valence-electron chi connectivity index (χ2n) is 9.37. The first-order chi connectivity index (χ1) is 14.8. The maximum Gasteiger partial charge on any atom is 0.232 e. The summed E-state index contributed by atoms with van der Waals surface area (Å²) in [6, 6.07) is 20.3.